The second kappa shape index (κ2) is 5.33. The van der Waals surface area contributed by atoms with E-state index in [-0.39, 0.29) is 0 Å². The highest BCUT2D eigenvalue weighted by atomic mass is 15.2. The molecular weight excluding hydrogens is 148 g/mol. The van der Waals surface area contributed by atoms with Gasteiger partial charge in [0.2, 0.25) is 0 Å². The third kappa shape index (κ3) is 2.95. The van der Waals surface area contributed by atoms with E-state index in [9.17, 15) is 0 Å². The van der Waals surface area contributed by atoms with Gasteiger partial charge >= 0.3 is 0 Å². The van der Waals surface area contributed by atoms with Crippen LogP contribution in [-0.2, 0) is 0 Å². The molecule has 0 bridgehead atoms. The van der Waals surface area contributed by atoms with Crippen LogP contribution in [0, 0.1) is 0 Å². The van der Waals surface area contributed by atoms with Crippen LogP contribution in [-0.4, -0.2) is 37.1 Å². The van der Waals surface area contributed by atoms with E-state index in [0.717, 1.165) is 19.1 Å². The summed E-state index contributed by atoms with van der Waals surface area (Å²) in [4.78, 5) is 2.44. The minimum Gasteiger partial charge on any atom is -0.313 e. The molecule has 70 valence electrons. The molecule has 1 heterocycles. The topological polar surface area (TPSA) is 15.3 Å². The summed E-state index contributed by atoms with van der Waals surface area (Å²) in [6.07, 6.45) is 4.52. The van der Waals surface area contributed by atoms with Crippen molar-refractivity contribution in [2.24, 2.45) is 0 Å². The van der Waals surface area contributed by atoms with Crippen LogP contribution in [0.1, 0.15) is 19.8 Å². The molecule has 1 N–H and O–H groups in total. The molecule has 0 spiro atoms. The molecule has 0 aromatic heterocycles. The van der Waals surface area contributed by atoms with Crippen LogP contribution in [0.25, 0.3) is 0 Å². The predicted molar refractivity (Wildman–Crippen MR) is 53.3 cm³/mol. The van der Waals surface area contributed by atoms with E-state index in [0.29, 0.717) is 0 Å². The Bertz CT molecular complexity index is 134. The molecule has 0 aromatic rings. The van der Waals surface area contributed by atoms with Gasteiger partial charge in [0.25, 0.3) is 0 Å². The molecule has 0 radical (unpaired) electrons. The Morgan fingerprint density at radius 2 is 2.50 bits per heavy atom. The SMILES string of the molecule is C=CCN1CCC(NCCC)C1. The van der Waals surface area contributed by atoms with Crippen LogP contribution in [0.2, 0.25) is 0 Å². The zero-order chi connectivity index (χ0) is 8.81. The first kappa shape index (κ1) is 9.75. The van der Waals surface area contributed by atoms with Crippen molar-refractivity contribution in [2.75, 3.05) is 26.2 Å². The highest BCUT2D eigenvalue weighted by molar-refractivity contribution is 4.84. The molecule has 1 aliphatic heterocycles. The third-order valence-corrected chi connectivity index (χ3v) is 2.34. The molecule has 1 saturated heterocycles. The molecule has 2 nitrogen and oxygen atoms in total. The standard InChI is InChI=1S/C10H20N2/c1-3-6-11-10-5-8-12(9-10)7-4-2/h4,10-11H,2-3,5-9H2,1H3. The molecule has 0 saturated carbocycles. The average Bonchev–Trinajstić information content (AvgIpc) is 2.50. The third-order valence-electron chi connectivity index (χ3n) is 2.34. The van der Waals surface area contributed by atoms with Crippen molar-refractivity contribution < 1.29 is 0 Å². The maximum absolute atomic E-state index is 3.75. The van der Waals surface area contributed by atoms with Crippen LogP contribution < -0.4 is 5.32 Å². The molecule has 0 amide bonds. The molecule has 1 aliphatic rings. The zero-order valence-electron chi connectivity index (χ0n) is 8.05. The summed E-state index contributed by atoms with van der Waals surface area (Å²) in [5, 5.41) is 3.54. The van der Waals surface area contributed by atoms with Crippen LogP contribution in [0.3, 0.4) is 0 Å². The number of nitrogens with zero attached hydrogens (tertiary/aromatic N) is 1. The van der Waals surface area contributed by atoms with Crippen molar-refractivity contribution in [3.05, 3.63) is 12.7 Å². The molecular formula is C10H20N2. The minimum absolute atomic E-state index is 0.727. The number of rotatable bonds is 5. The van der Waals surface area contributed by atoms with Gasteiger partial charge in [0.1, 0.15) is 0 Å². The normalized spacial score (nSPS) is 24.6. The first-order chi connectivity index (χ1) is 5.86. The molecule has 1 unspecified atom stereocenters. The fraction of sp³-hybridized carbons (Fsp3) is 0.800. The van der Waals surface area contributed by atoms with Gasteiger partial charge in [0.15, 0.2) is 0 Å². The van der Waals surface area contributed by atoms with Crippen LogP contribution >= 0.6 is 0 Å². The van der Waals surface area contributed by atoms with E-state index in [1.807, 2.05) is 6.08 Å². The van der Waals surface area contributed by atoms with Crippen molar-refractivity contribution in [3.8, 4) is 0 Å². The minimum atomic E-state index is 0.727. The van der Waals surface area contributed by atoms with Gasteiger partial charge in [-0.2, -0.15) is 0 Å². The van der Waals surface area contributed by atoms with Gasteiger partial charge in [-0.05, 0) is 19.4 Å². The quantitative estimate of drug-likeness (QED) is 0.621. The smallest absolute Gasteiger partial charge is 0.0207 e. The summed E-state index contributed by atoms with van der Waals surface area (Å²) in [6.45, 7) is 10.6. The lowest BCUT2D eigenvalue weighted by Crippen LogP contribution is -2.32. The average molecular weight is 168 g/mol. The summed E-state index contributed by atoms with van der Waals surface area (Å²) in [6, 6.07) is 0.727. The summed E-state index contributed by atoms with van der Waals surface area (Å²) in [7, 11) is 0. The monoisotopic (exact) mass is 168 g/mol. The van der Waals surface area contributed by atoms with Gasteiger partial charge in [0, 0.05) is 25.7 Å². The Morgan fingerprint density at radius 1 is 1.67 bits per heavy atom. The predicted octanol–water partition coefficient (Wildman–Crippen LogP) is 1.25. The van der Waals surface area contributed by atoms with Crippen LogP contribution in [0.5, 0.6) is 0 Å². The Balaban J connectivity index is 2.12. The van der Waals surface area contributed by atoms with Crippen molar-refractivity contribution >= 4 is 0 Å². The molecule has 2 heteroatoms. The van der Waals surface area contributed by atoms with Crippen LogP contribution in [0.4, 0.5) is 0 Å². The van der Waals surface area contributed by atoms with Crippen molar-refractivity contribution in [3.63, 3.8) is 0 Å². The van der Waals surface area contributed by atoms with E-state index in [2.05, 4.69) is 23.7 Å². The van der Waals surface area contributed by atoms with Crippen molar-refractivity contribution in [1.82, 2.24) is 10.2 Å². The van der Waals surface area contributed by atoms with E-state index in [1.54, 1.807) is 0 Å². The van der Waals surface area contributed by atoms with Crippen molar-refractivity contribution in [1.29, 1.82) is 0 Å². The molecule has 12 heavy (non-hydrogen) atoms. The number of nitrogens with one attached hydrogen (secondary N) is 1. The first-order valence-electron chi connectivity index (χ1n) is 4.93. The Kier molecular flexibility index (Phi) is 4.33. The van der Waals surface area contributed by atoms with Gasteiger partial charge in [-0.25, -0.2) is 0 Å². The fourth-order valence-corrected chi connectivity index (χ4v) is 1.70. The van der Waals surface area contributed by atoms with E-state index >= 15 is 0 Å². The summed E-state index contributed by atoms with van der Waals surface area (Å²) in [5.41, 5.74) is 0. The second-order valence-corrected chi connectivity index (χ2v) is 3.49. The Hall–Kier alpha value is -0.340. The van der Waals surface area contributed by atoms with E-state index in [4.69, 9.17) is 0 Å². The summed E-state index contributed by atoms with van der Waals surface area (Å²) in [5.74, 6) is 0. The molecule has 1 fully saturated rings. The van der Waals surface area contributed by atoms with Gasteiger partial charge in [-0.15, -0.1) is 6.58 Å². The first-order valence-corrected chi connectivity index (χ1v) is 4.93. The van der Waals surface area contributed by atoms with Crippen molar-refractivity contribution in [2.45, 2.75) is 25.8 Å². The number of hydrogen-bond acceptors (Lipinski definition) is 2. The number of likely N-dealkylation sites (tertiary alicyclic amines) is 1. The highest BCUT2D eigenvalue weighted by Crippen LogP contribution is 2.08. The lowest BCUT2D eigenvalue weighted by Gasteiger charge is -2.13. The molecule has 1 rings (SSSR count). The Morgan fingerprint density at radius 3 is 3.17 bits per heavy atom. The molecule has 0 aromatic carbocycles. The lowest BCUT2D eigenvalue weighted by atomic mass is 10.2. The zero-order valence-corrected chi connectivity index (χ0v) is 8.05. The van der Waals surface area contributed by atoms with Gasteiger partial charge in [-0.3, -0.25) is 4.90 Å². The van der Waals surface area contributed by atoms with E-state index < -0.39 is 0 Å². The second-order valence-electron chi connectivity index (χ2n) is 3.49. The molecule has 1 atom stereocenters. The maximum atomic E-state index is 3.75. The number of hydrogen-bond donors (Lipinski definition) is 1. The van der Waals surface area contributed by atoms with Gasteiger partial charge in [-0.1, -0.05) is 13.0 Å². The van der Waals surface area contributed by atoms with E-state index in [1.165, 1.54) is 25.9 Å². The molecule has 0 aliphatic carbocycles. The lowest BCUT2D eigenvalue weighted by molar-refractivity contribution is 0.362. The summed E-state index contributed by atoms with van der Waals surface area (Å²) < 4.78 is 0. The maximum Gasteiger partial charge on any atom is 0.0207 e. The van der Waals surface area contributed by atoms with Crippen LogP contribution in [0.15, 0.2) is 12.7 Å². The summed E-state index contributed by atoms with van der Waals surface area (Å²) >= 11 is 0. The highest BCUT2D eigenvalue weighted by Gasteiger charge is 2.19. The Labute approximate surface area is 75.6 Å². The largest absolute Gasteiger partial charge is 0.313 e. The van der Waals surface area contributed by atoms with Gasteiger partial charge in [0.05, 0.1) is 0 Å². The van der Waals surface area contributed by atoms with Gasteiger partial charge < -0.3 is 5.32 Å². The fourth-order valence-electron chi connectivity index (χ4n) is 1.70.